The lowest BCUT2D eigenvalue weighted by Gasteiger charge is -2.17. The molecule has 0 unspecified atom stereocenters. The Bertz CT molecular complexity index is 272. The molecular weight excluding hydrogens is 256 g/mol. The predicted molar refractivity (Wildman–Crippen MR) is 81.7 cm³/mol. The average Bonchev–Trinajstić information content (AvgIpc) is 2.42. The molecule has 0 aromatic rings. The molecule has 0 amide bonds. The molecule has 0 spiro atoms. The topological polar surface area (TPSA) is 100 Å². The van der Waals surface area contributed by atoms with Gasteiger partial charge in [0.1, 0.15) is 6.04 Å². The van der Waals surface area contributed by atoms with Gasteiger partial charge in [0.2, 0.25) is 0 Å². The molecule has 0 aliphatic rings. The maximum atomic E-state index is 11.9. The highest BCUT2D eigenvalue weighted by molar-refractivity contribution is 5.76. The number of guanidine groups is 1. The number of nitrogens with one attached hydrogen (secondary N) is 3. The van der Waals surface area contributed by atoms with Crippen LogP contribution in [0.4, 0.5) is 0 Å². The average molecular weight is 286 g/mol. The van der Waals surface area contributed by atoms with Crippen molar-refractivity contribution in [2.24, 2.45) is 5.73 Å². The second-order valence-corrected chi connectivity index (χ2v) is 4.86. The van der Waals surface area contributed by atoms with Gasteiger partial charge in [0.25, 0.3) is 0 Å². The van der Waals surface area contributed by atoms with Crippen LogP contribution in [-0.2, 0) is 9.53 Å². The van der Waals surface area contributed by atoms with Crippen molar-refractivity contribution in [2.75, 3.05) is 19.7 Å². The molecule has 20 heavy (non-hydrogen) atoms. The zero-order valence-corrected chi connectivity index (χ0v) is 12.8. The number of ether oxygens (including phenoxy) is 1. The molecule has 1 atom stereocenters. The summed E-state index contributed by atoms with van der Waals surface area (Å²) in [6, 6.07) is -0.257. The molecule has 6 heteroatoms. The molecule has 0 aliphatic heterocycles. The second kappa shape index (κ2) is 12.7. The van der Waals surface area contributed by atoms with E-state index in [2.05, 4.69) is 17.6 Å². The van der Waals surface area contributed by atoms with Crippen molar-refractivity contribution in [1.82, 2.24) is 10.6 Å². The second-order valence-electron chi connectivity index (χ2n) is 4.86. The lowest BCUT2D eigenvalue weighted by molar-refractivity contribution is -0.146. The Balaban J connectivity index is 4.02. The summed E-state index contributed by atoms with van der Waals surface area (Å²) in [6.45, 7) is 6.04. The Hall–Kier alpha value is -1.30. The van der Waals surface area contributed by atoms with Gasteiger partial charge in [0.05, 0.1) is 6.61 Å². The standard InChI is InChI=1S/C14H30N4O2/c1-3-5-6-9-17-12(13(19)20-11-4-2)8-7-10-18-14(15)16/h12,17H,3-11H2,1-2H3,(H4,15,16,18)/t12-/m0/s1. The summed E-state index contributed by atoms with van der Waals surface area (Å²) in [6.07, 6.45) is 5.69. The van der Waals surface area contributed by atoms with Gasteiger partial charge >= 0.3 is 5.97 Å². The first-order valence-corrected chi connectivity index (χ1v) is 7.59. The Morgan fingerprint density at radius 2 is 1.95 bits per heavy atom. The van der Waals surface area contributed by atoms with E-state index in [0.717, 1.165) is 38.6 Å². The lowest BCUT2D eigenvalue weighted by atomic mass is 10.1. The molecule has 0 heterocycles. The maximum Gasteiger partial charge on any atom is 0.323 e. The van der Waals surface area contributed by atoms with Gasteiger partial charge < -0.3 is 21.1 Å². The number of nitrogens with two attached hydrogens (primary N) is 1. The normalized spacial score (nSPS) is 11.9. The zero-order valence-electron chi connectivity index (χ0n) is 12.8. The molecule has 0 fully saturated rings. The SMILES string of the molecule is CCCCCN[C@@H](CCCNC(=N)N)C(=O)OCCC. The van der Waals surface area contributed by atoms with E-state index in [1.165, 1.54) is 0 Å². The summed E-state index contributed by atoms with van der Waals surface area (Å²) in [7, 11) is 0. The Labute approximate surface area is 122 Å². The Kier molecular flexibility index (Phi) is 11.9. The smallest absolute Gasteiger partial charge is 0.323 e. The monoisotopic (exact) mass is 286 g/mol. The highest BCUT2D eigenvalue weighted by Gasteiger charge is 2.18. The summed E-state index contributed by atoms with van der Waals surface area (Å²) in [5.41, 5.74) is 5.21. The van der Waals surface area contributed by atoms with Crippen molar-refractivity contribution in [1.29, 1.82) is 5.41 Å². The first-order valence-electron chi connectivity index (χ1n) is 7.59. The fourth-order valence-corrected chi connectivity index (χ4v) is 1.79. The number of hydrogen-bond donors (Lipinski definition) is 4. The lowest BCUT2D eigenvalue weighted by Crippen LogP contribution is -2.40. The van der Waals surface area contributed by atoms with Gasteiger partial charge in [0, 0.05) is 6.54 Å². The third kappa shape index (κ3) is 10.6. The summed E-state index contributed by atoms with van der Waals surface area (Å²) in [5, 5.41) is 13.1. The molecule has 5 N–H and O–H groups in total. The first-order chi connectivity index (χ1) is 9.61. The minimum Gasteiger partial charge on any atom is -0.465 e. The largest absolute Gasteiger partial charge is 0.465 e. The van der Waals surface area contributed by atoms with E-state index in [-0.39, 0.29) is 18.0 Å². The van der Waals surface area contributed by atoms with Gasteiger partial charge in [-0.3, -0.25) is 10.2 Å². The van der Waals surface area contributed by atoms with Gasteiger partial charge in [-0.25, -0.2) is 0 Å². The highest BCUT2D eigenvalue weighted by atomic mass is 16.5. The summed E-state index contributed by atoms with van der Waals surface area (Å²) in [5.74, 6) is -0.211. The predicted octanol–water partition coefficient (Wildman–Crippen LogP) is 1.35. The van der Waals surface area contributed by atoms with Crippen LogP contribution >= 0.6 is 0 Å². The first kappa shape index (κ1) is 18.7. The van der Waals surface area contributed by atoms with Gasteiger partial charge in [-0.1, -0.05) is 26.7 Å². The zero-order chi connectivity index (χ0) is 15.2. The van der Waals surface area contributed by atoms with Crippen molar-refractivity contribution in [2.45, 2.75) is 58.4 Å². The maximum absolute atomic E-state index is 11.9. The van der Waals surface area contributed by atoms with E-state index in [1.54, 1.807) is 0 Å². The molecule has 0 bridgehead atoms. The number of rotatable bonds is 12. The molecule has 0 radical (unpaired) electrons. The number of hydrogen-bond acceptors (Lipinski definition) is 4. The third-order valence-corrected chi connectivity index (χ3v) is 2.89. The summed E-state index contributed by atoms with van der Waals surface area (Å²) >= 11 is 0. The van der Waals surface area contributed by atoms with Gasteiger partial charge in [0.15, 0.2) is 5.96 Å². The fourth-order valence-electron chi connectivity index (χ4n) is 1.79. The van der Waals surface area contributed by atoms with Crippen LogP contribution in [0.5, 0.6) is 0 Å². The minimum atomic E-state index is -0.257. The summed E-state index contributed by atoms with van der Waals surface area (Å²) < 4.78 is 5.20. The van der Waals surface area contributed by atoms with Crippen LogP contribution in [0.1, 0.15) is 52.4 Å². The molecular formula is C14H30N4O2. The van der Waals surface area contributed by atoms with E-state index >= 15 is 0 Å². The van der Waals surface area contributed by atoms with Gasteiger partial charge in [-0.2, -0.15) is 0 Å². The number of carbonyl (C=O) groups is 1. The minimum absolute atomic E-state index is 0.0361. The Morgan fingerprint density at radius 3 is 2.55 bits per heavy atom. The molecule has 0 rings (SSSR count). The number of unbranched alkanes of at least 4 members (excludes halogenated alkanes) is 2. The molecule has 118 valence electrons. The van der Waals surface area contributed by atoms with E-state index < -0.39 is 0 Å². The van der Waals surface area contributed by atoms with Crippen LogP contribution in [-0.4, -0.2) is 37.7 Å². The van der Waals surface area contributed by atoms with Crippen LogP contribution in [0, 0.1) is 5.41 Å². The van der Waals surface area contributed by atoms with Crippen LogP contribution in [0.15, 0.2) is 0 Å². The quantitative estimate of drug-likeness (QED) is 0.188. The van der Waals surface area contributed by atoms with E-state index in [9.17, 15) is 4.79 Å². The summed E-state index contributed by atoms with van der Waals surface area (Å²) in [4.78, 5) is 11.9. The van der Waals surface area contributed by atoms with Crippen LogP contribution in [0.3, 0.4) is 0 Å². The Morgan fingerprint density at radius 1 is 1.20 bits per heavy atom. The highest BCUT2D eigenvalue weighted by Crippen LogP contribution is 2.02. The van der Waals surface area contributed by atoms with Crippen molar-refractivity contribution >= 4 is 11.9 Å². The molecule has 0 aromatic carbocycles. The van der Waals surface area contributed by atoms with E-state index in [0.29, 0.717) is 19.6 Å². The van der Waals surface area contributed by atoms with Crippen LogP contribution < -0.4 is 16.4 Å². The van der Waals surface area contributed by atoms with Crippen molar-refractivity contribution in [3.05, 3.63) is 0 Å². The van der Waals surface area contributed by atoms with Crippen molar-refractivity contribution in [3.63, 3.8) is 0 Å². The fraction of sp³-hybridized carbons (Fsp3) is 0.857. The van der Waals surface area contributed by atoms with Gasteiger partial charge in [-0.15, -0.1) is 0 Å². The molecule has 0 saturated heterocycles. The van der Waals surface area contributed by atoms with Crippen LogP contribution in [0.25, 0.3) is 0 Å². The molecule has 0 aliphatic carbocycles. The van der Waals surface area contributed by atoms with E-state index in [4.69, 9.17) is 15.9 Å². The van der Waals surface area contributed by atoms with Crippen LogP contribution in [0.2, 0.25) is 0 Å². The van der Waals surface area contributed by atoms with E-state index in [1.807, 2.05) is 6.92 Å². The molecule has 0 aromatic heterocycles. The molecule has 6 nitrogen and oxygen atoms in total. The number of carbonyl (C=O) groups excluding carboxylic acids is 1. The number of esters is 1. The third-order valence-electron chi connectivity index (χ3n) is 2.89. The molecule has 0 saturated carbocycles. The van der Waals surface area contributed by atoms with Crippen molar-refractivity contribution in [3.8, 4) is 0 Å². The van der Waals surface area contributed by atoms with Crippen molar-refractivity contribution < 1.29 is 9.53 Å². The van der Waals surface area contributed by atoms with Gasteiger partial charge in [-0.05, 0) is 32.2 Å².